The van der Waals surface area contributed by atoms with Crippen LogP contribution in [0.4, 0.5) is 0 Å². The first kappa shape index (κ1) is 22.2. The van der Waals surface area contributed by atoms with E-state index in [0.29, 0.717) is 29.7 Å². The molecule has 9 heteroatoms. The molecular weight excluding hydrogens is 432 g/mol. The molecule has 1 unspecified atom stereocenters. The fraction of sp³-hybridized carbons (Fsp3) is 0.348. The van der Waals surface area contributed by atoms with Gasteiger partial charge in [-0.05, 0) is 36.2 Å². The van der Waals surface area contributed by atoms with Crippen molar-refractivity contribution in [3.63, 3.8) is 0 Å². The van der Waals surface area contributed by atoms with Crippen molar-refractivity contribution in [1.82, 2.24) is 9.21 Å². The first-order valence-corrected chi connectivity index (χ1v) is 11.7. The Morgan fingerprint density at radius 2 is 1.78 bits per heavy atom. The minimum atomic E-state index is -3.50. The number of carbonyl (C=O) groups excluding carboxylic acids is 3. The molecule has 0 spiro atoms. The van der Waals surface area contributed by atoms with Crippen LogP contribution in [0.2, 0.25) is 0 Å². The Bertz CT molecular complexity index is 1190. The highest BCUT2D eigenvalue weighted by atomic mass is 32.2. The molecule has 0 aromatic heterocycles. The zero-order valence-electron chi connectivity index (χ0n) is 17.9. The van der Waals surface area contributed by atoms with Crippen molar-refractivity contribution < 1.29 is 27.5 Å². The van der Waals surface area contributed by atoms with Gasteiger partial charge in [-0.1, -0.05) is 18.2 Å². The van der Waals surface area contributed by atoms with Crippen LogP contribution in [-0.4, -0.2) is 55.2 Å². The van der Waals surface area contributed by atoms with E-state index >= 15 is 0 Å². The fourth-order valence-electron chi connectivity index (χ4n) is 4.03. The van der Waals surface area contributed by atoms with E-state index in [4.69, 9.17) is 4.74 Å². The number of ketones is 2. The van der Waals surface area contributed by atoms with Crippen LogP contribution in [0.5, 0.6) is 5.75 Å². The molecule has 1 heterocycles. The second kappa shape index (κ2) is 8.48. The maximum absolute atomic E-state index is 12.9. The number of carbonyl (C=O) groups is 3. The third kappa shape index (κ3) is 4.05. The van der Waals surface area contributed by atoms with Gasteiger partial charge < -0.3 is 9.64 Å². The number of amides is 1. The van der Waals surface area contributed by atoms with Gasteiger partial charge in [0.05, 0.1) is 23.9 Å². The monoisotopic (exact) mass is 456 g/mol. The lowest BCUT2D eigenvalue weighted by molar-refractivity contribution is -0.133. The zero-order chi connectivity index (χ0) is 23.0. The Morgan fingerprint density at radius 1 is 1.06 bits per heavy atom. The first-order valence-electron chi connectivity index (χ1n) is 10.3. The van der Waals surface area contributed by atoms with Gasteiger partial charge in [-0.25, -0.2) is 12.7 Å². The maximum Gasteiger partial charge on any atom is 0.255 e. The molecule has 1 saturated carbocycles. The summed E-state index contributed by atoms with van der Waals surface area (Å²) in [7, 11) is -0.543. The highest BCUT2D eigenvalue weighted by Gasteiger charge is 2.39. The molecule has 2 aromatic rings. The van der Waals surface area contributed by atoms with Crippen molar-refractivity contribution in [2.24, 2.45) is 0 Å². The lowest BCUT2D eigenvalue weighted by atomic mass is 9.92. The summed E-state index contributed by atoms with van der Waals surface area (Å²) in [5, 5.41) is 0. The molecule has 1 aliphatic heterocycles. The van der Waals surface area contributed by atoms with Crippen LogP contribution in [-0.2, 0) is 32.8 Å². The molecule has 2 aromatic carbocycles. The van der Waals surface area contributed by atoms with Gasteiger partial charge in [0.2, 0.25) is 10.0 Å². The molecule has 1 atom stereocenters. The van der Waals surface area contributed by atoms with Crippen molar-refractivity contribution in [1.29, 1.82) is 0 Å². The van der Waals surface area contributed by atoms with Crippen LogP contribution in [0.3, 0.4) is 0 Å². The van der Waals surface area contributed by atoms with Gasteiger partial charge in [-0.3, -0.25) is 14.4 Å². The number of nitrogens with zero attached hydrogens (tertiary/aromatic N) is 2. The van der Waals surface area contributed by atoms with Crippen molar-refractivity contribution in [2.75, 3.05) is 14.1 Å². The van der Waals surface area contributed by atoms with E-state index in [2.05, 4.69) is 0 Å². The van der Waals surface area contributed by atoms with Crippen molar-refractivity contribution >= 4 is 27.5 Å². The molecule has 8 nitrogen and oxygen atoms in total. The van der Waals surface area contributed by atoms with Gasteiger partial charge in [-0.2, -0.15) is 0 Å². The third-order valence-electron chi connectivity index (χ3n) is 5.86. The predicted octanol–water partition coefficient (Wildman–Crippen LogP) is 2.16. The molecule has 32 heavy (non-hydrogen) atoms. The lowest BCUT2D eigenvalue weighted by Gasteiger charge is -2.29. The number of benzene rings is 2. The Balaban J connectivity index is 1.48. The Kier molecular flexibility index (Phi) is 5.87. The molecule has 0 bridgehead atoms. The smallest absolute Gasteiger partial charge is 0.255 e. The largest absolute Gasteiger partial charge is 0.489 e. The topological polar surface area (TPSA) is 101 Å². The highest BCUT2D eigenvalue weighted by Crippen LogP contribution is 2.34. The summed E-state index contributed by atoms with van der Waals surface area (Å²) in [6.45, 7) is 0.457. The van der Waals surface area contributed by atoms with E-state index in [9.17, 15) is 22.8 Å². The number of ether oxygens (including phenoxy) is 1. The van der Waals surface area contributed by atoms with E-state index in [-0.39, 0.29) is 41.9 Å². The molecule has 0 radical (unpaired) electrons. The molecule has 2 aliphatic rings. The van der Waals surface area contributed by atoms with Crippen molar-refractivity contribution in [3.8, 4) is 5.75 Å². The van der Waals surface area contributed by atoms with Crippen LogP contribution < -0.4 is 4.74 Å². The van der Waals surface area contributed by atoms with Gasteiger partial charge in [0, 0.05) is 31.6 Å². The minimum absolute atomic E-state index is 0.0798. The van der Waals surface area contributed by atoms with Crippen molar-refractivity contribution in [2.45, 2.75) is 43.4 Å². The molecule has 0 saturated heterocycles. The van der Waals surface area contributed by atoms with Gasteiger partial charge in [-0.15, -0.1) is 0 Å². The Hall–Kier alpha value is -3.04. The number of hydrogen-bond donors (Lipinski definition) is 0. The summed E-state index contributed by atoms with van der Waals surface area (Å²) in [6.07, 6.45) is 0.545. The van der Waals surface area contributed by atoms with E-state index < -0.39 is 16.1 Å². The van der Waals surface area contributed by atoms with Crippen LogP contribution in [0.1, 0.15) is 40.7 Å². The molecular formula is C23H24N2O6S. The molecule has 1 amide bonds. The Labute approximate surface area is 186 Å². The van der Waals surface area contributed by atoms with Crippen LogP contribution in [0.15, 0.2) is 47.4 Å². The quantitative estimate of drug-likeness (QED) is 0.618. The summed E-state index contributed by atoms with van der Waals surface area (Å²) >= 11 is 0. The standard InChI is InChI=1S/C23H24N2O6S/c1-24(2)32(29,30)17-9-6-15(7-10-17)14-31-22-5-3-4-18-19(22)13-25(23(18)28)20-11-8-16(26)12-21(20)27/h3-7,9-10,20H,8,11-14H2,1-2H3. The highest BCUT2D eigenvalue weighted by molar-refractivity contribution is 7.89. The first-order chi connectivity index (χ1) is 15.2. The van der Waals surface area contributed by atoms with Crippen molar-refractivity contribution in [3.05, 3.63) is 59.2 Å². The number of sulfonamides is 1. The predicted molar refractivity (Wildman–Crippen MR) is 116 cm³/mol. The lowest BCUT2D eigenvalue weighted by Crippen LogP contribution is -2.44. The van der Waals surface area contributed by atoms with Crippen LogP contribution in [0.25, 0.3) is 0 Å². The van der Waals surface area contributed by atoms with Gasteiger partial charge in [0.15, 0.2) is 5.78 Å². The summed E-state index contributed by atoms with van der Waals surface area (Å²) < 4.78 is 31.5. The second-order valence-electron chi connectivity index (χ2n) is 8.17. The number of Topliss-reactive ketones (excluding diaryl/α,β-unsaturated/α-hetero) is 2. The molecule has 168 valence electrons. The molecule has 1 fully saturated rings. The number of rotatable bonds is 6. The van der Waals surface area contributed by atoms with Crippen LogP contribution in [0, 0.1) is 0 Å². The summed E-state index contributed by atoms with van der Waals surface area (Å²) in [5.74, 6) is 0.0283. The van der Waals surface area contributed by atoms with Gasteiger partial charge in [0.25, 0.3) is 5.91 Å². The van der Waals surface area contributed by atoms with Gasteiger partial charge in [0.1, 0.15) is 18.1 Å². The van der Waals surface area contributed by atoms with E-state index in [1.807, 2.05) is 0 Å². The van der Waals surface area contributed by atoms with E-state index in [1.165, 1.54) is 31.1 Å². The third-order valence-corrected chi connectivity index (χ3v) is 7.69. The van der Waals surface area contributed by atoms with E-state index in [0.717, 1.165) is 9.87 Å². The zero-order valence-corrected chi connectivity index (χ0v) is 18.7. The Morgan fingerprint density at radius 3 is 2.44 bits per heavy atom. The second-order valence-corrected chi connectivity index (χ2v) is 10.3. The normalized spacial score (nSPS) is 18.9. The summed E-state index contributed by atoms with van der Waals surface area (Å²) in [4.78, 5) is 38.5. The molecule has 0 N–H and O–H groups in total. The van der Waals surface area contributed by atoms with Crippen LogP contribution >= 0.6 is 0 Å². The minimum Gasteiger partial charge on any atom is -0.489 e. The summed E-state index contributed by atoms with van der Waals surface area (Å²) in [6, 6.07) is 11.1. The number of fused-ring (bicyclic) bond motifs is 1. The average molecular weight is 457 g/mol. The average Bonchev–Trinajstić information content (AvgIpc) is 3.09. The number of hydrogen-bond acceptors (Lipinski definition) is 6. The molecule has 1 aliphatic carbocycles. The molecule has 4 rings (SSSR count). The SMILES string of the molecule is CN(C)S(=O)(=O)c1ccc(COc2cccc3c2CN(C2CCC(=O)CC2=O)C3=O)cc1. The van der Waals surface area contributed by atoms with Gasteiger partial charge >= 0.3 is 0 Å². The fourth-order valence-corrected chi connectivity index (χ4v) is 4.93. The maximum atomic E-state index is 12.9. The van der Waals surface area contributed by atoms with E-state index in [1.54, 1.807) is 30.3 Å². The summed E-state index contributed by atoms with van der Waals surface area (Å²) in [5.41, 5.74) is 2.00.